The fourth-order valence-electron chi connectivity index (χ4n) is 1.66. The summed E-state index contributed by atoms with van der Waals surface area (Å²) in [5, 5.41) is 11.1. The van der Waals surface area contributed by atoms with Crippen LogP contribution in [0.15, 0.2) is 18.2 Å². The van der Waals surface area contributed by atoms with Gasteiger partial charge in [-0.15, -0.1) is 0 Å². The van der Waals surface area contributed by atoms with Gasteiger partial charge in [0, 0.05) is 18.4 Å². The van der Waals surface area contributed by atoms with Crippen LogP contribution in [0.1, 0.15) is 36.2 Å². The Morgan fingerprint density at radius 2 is 2.00 bits per heavy atom. The molecule has 1 aromatic rings. The van der Waals surface area contributed by atoms with Crippen molar-refractivity contribution in [1.29, 1.82) is 0 Å². The molecule has 6 heteroatoms. The monoisotopic (exact) mass is 265 g/mol. The van der Waals surface area contributed by atoms with Crippen LogP contribution < -0.4 is 0 Å². The van der Waals surface area contributed by atoms with E-state index < -0.39 is 10.9 Å². The van der Waals surface area contributed by atoms with E-state index in [0.29, 0.717) is 6.42 Å². The van der Waals surface area contributed by atoms with Gasteiger partial charge in [-0.3, -0.25) is 14.9 Å². The quantitative estimate of drug-likeness (QED) is 0.447. The number of nitrogens with zero attached hydrogens (tertiary/aromatic N) is 1. The summed E-state index contributed by atoms with van der Waals surface area (Å²) in [5.41, 5.74) is -0.224. The first-order chi connectivity index (χ1) is 9.01. The minimum Gasteiger partial charge on any atom is -0.462 e. The second kappa shape index (κ2) is 6.63. The van der Waals surface area contributed by atoms with Crippen LogP contribution in [0, 0.1) is 10.1 Å². The van der Waals surface area contributed by atoms with Crippen LogP contribution in [-0.4, -0.2) is 23.3 Å². The predicted octanol–water partition coefficient (Wildman–Crippen LogP) is 2.29. The van der Waals surface area contributed by atoms with Gasteiger partial charge in [0.25, 0.3) is 5.69 Å². The van der Waals surface area contributed by atoms with Gasteiger partial charge in [-0.05, 0) is 13.0 Å². The standard InChI is InChI=1S/C13H15NO5/c1-3-10(15)8-9-6-5-7-11(12(9)14(17)18)13(16)19-4-2/h5-7H,3-4,8H2,1-2H3. The minimum atomic E-state index is -0.750. The smallest absolute Gasteiger partial charge is 0.345 e. The zero-order valence-corrected chi connectivity index (χ0v) is 10.8. The van der Waals surface area contributed by atoms with Gasteiger partial charge in [-0.1, -0.05) is 19.1 Å². The van der Waals surface area contributed by atoms with E-state index >= 15 is 0 Å². The number of hydrogen-bond acceptors (Lipinski definition) is 5. The van der Waals surface area contributed by atoms with Crippen LogP contribution in [0.3, 0.4) is 0 Å². The average molecular weight is 265 g/mol. The van der Waals surface area contributed by atoms with Crippen molar-refractivity contribution in [3.05, 3.63) is 39.4 Å². The second-order valence-corrected chi connectivity index (χ2v) is 3.86. The summed E-state index contributed by atoms with van der Waals surface area (Å²) in [7, 11) is 0. The topological polar surface area (TPSA) is 86.5 Å². The summed E-state index contributed by atoms with van der Waals surface area (Å²) in [4.78, 5) is 33.5. The van der Waals surface area contributed by atoms with E-state index in [1.54, 1.807) is 13.8 Å². The van der Waals surface area contributed by atoms with Crippen molar-refractivity contribution in [2.24, 2.45) is 0 Å². The van der Waals surface area contributed by atoms with E-state index in [0.717, 1.165) is 0 Å². The molecule has 0 heterocycles. The van der Waals surface area contributed by atoms with Gasteiger partial charge in [0.2, 0.25) is 0 Å². The van der Waals surface area contributed by atoms with Crippen molar-refractivity contribution in [2.75, 3.05) is 6.61 Å². The Labute approximate surface area is 110 Å². The predicted molar refractivity (Wildman–Crippen MR) is 68.1 cm³/mol. The number of para-hydroxylation sites is 1. The van der Waals surface area contributed by atoms with Crippen LogP contribution in [-0.2, 0) is 16.0 Å². The molecule has 19 heavy (non-hydrogen) atoms. The van der Waals surface area contributed by atoms with Gasteiger partial charge in [0.05, 0.1) is 11.5 Å². The average Bonchev–Trinajstić information content (AvgIpc) is 2.38. The highest BCUT2D eigenvalue weighted by Gasteiger charge is 2.25. The van der Waals surface area contributed by atoms with Gasteiger partial charge in [-0.2, -0.15) is 0 Å². The number of carbonyl (C=O) groups excluding carboxylic acids is 2. The van der Waals surface area contributed by atoms with Gasteiger partial charge in [0.1, 0.15) is 11.3 Å². The van der Waals surface area contributed by atoms with E-state index in [9.17, 15) is 19.7 Å². The molecule has 0 aliphatic rings. The first kappa shape index (κ1) is 14.8. The second-order valence-electron chi connectivity index (χ2n) is 3.86. The molecular formula is C13H15NO5. The maximum Gasteiger partial charge on any atom is 0.345 e. The van der Waals surface area contributed by atoms with Crippen molar-refractivity contribution >= 4 is 17.4 Å². The maximum absolute atomic E-state index is 11.7. The normalized spacial score (nSPS) is 10.0. The highest BCUT2D eigenvalue weighted by molar-refractivity contribution is 5.95. The lowest BCUT2D eigenvalue weighted by molar-refractivity contribution is -0.385. The molecule has 0 amide bonds. The van der Waals surface area contributed by atoms with Gasteiger partial charge in [0.15, 0.2) is 0 Å². The number of nitro benzene ring substituents is 1. The largest absolute Gasteiger partial charge is 0.462 e. The van der Waals surface area contributed by atoms with Gasteiger partial charge >= 0.3 is 5.97 Å². The molecule has 0 aliphatic carbocycles. The molecule has 102 valence electrons. The number of Topliss-reactive ketones (excluding diaryl/α,β-unsaturated/α-hetero) is 1. The molecule has 0 spiro atoms. The summed E-state index contributed by atoms with van der Waals surface area (Å²) in [6, 6.07) is 4.32. The van der Waals surface area contributed by atoms with E-state index in [-0.39, 0.29) is 35.6 Å². The molecule has 6 nitrogen and oxygen atoms in total. The van der Waals surface area contributed by atoms with Crippen molar-refractivity contribution in [2.45, 2.75) is 26.7 Å². The van der Waals surface area contributed by atoms with E-state index in [4.69, 9.17) is 4.74 Å². The Morgan fingerprint density at radius 1 is 1.32 bits per heavy atom. The summed E-state index contributed by atoms with van der Waals surface area (Å²) in [5.74, 6) is -0.871. The van der Waals surface area contributed by atoms with Gasteiger partial charge < -0.3 is 4.74 Å². The summed E-state index contributed by atoms with van der Waals surface area (Å²) in [6.45, 7) is 3.44. The molecular weight excluding hydrogens is 250 g/mol. The molecule has 0 aromatic heterocycles. The van der Waals surface area contributed by atoms with E-state index in [1.807, 2.05) is 0 Å². The lowest BCUT2D eigenvalue weighted by Gasteiger charge is -2.06. The number of carbonyl (C=O) groups is 2. The lowest BCUT2D eigenvalue weighted by Crippen LogP contribution is -2.11. The molecule has 1 aromatic carbocycles. The van der Waals surface area contributed by atoms with E-state index in [2.05, 4.69) is 0 Å². The molecule has 0 atom stereocenters. The molecule has 0 radical (unpaired) electrons. The molecule has 0 unspecified atom stereocenters. The van der Waals surface area contributed by atoms with Crippen LogP contribution in [0.2, 0.25) is 0 Å². The molecule has 0 N–H and O–H groups in total. The highest BCUT2D eigenvalue weighted by Crippen LogP contribution is 2.25. The Kier molecular flexibility index (Phi) is 5.17. The number of rotatable bonds is 6. The zero-order chi connectivity index (χ0) is 14.4. The third kappa shape index (κ3) is 3.61. The van der Waals surface area contributed by atoms with Crippen molar-refractivity contribution in [3.63, 3.8) is 0 Å². The summed E-state index contributed by atoms with van der Waals surface area (Å²) >= 11 is 0. The molecule has 0 saturated carbocycles. The van der Waals surface area contributed by atoms with Crippen LogP contribution in [0.25, 0.3) is 0 Å². The van der Waals surface area contributed by atoms with E-state index in [1.165, 1.54) is 18.2 Å². The van der Waals surface area contributed by atoms with Crippen molar-refractivity contribution < 1.29 is 19.2 Å². The Hall–Kier alpha value is -2.24. The van der Waals surface area contributed by atoms with Gasteiger partial charge in [-0.25, -0.2) is 4.79 Å². The van der Waals surface area contributed by atoms with Crippen LogP contribution in [0.5, 0.6) is 0 Å². The highest BCUT2D eigenvalue weighted by atomic mass is 16.6. The number of ether oxygens (including phenoxy) is 1. The Morgan fingerprint density at radius 3 is 2.53 bits per heavy atom. The molecule has 0 aliphatic heterocycles. The summed E-state index contributed by atoms with van der Waals surface area (Å²) < 4.78 is 4.78. The lowest BCUT2D eigenvalue weighted by atomic mass is 10.0. The van der Waals surface area contributed by atoms with Crippen molar-refractivity contribution in [1.82, 2.24) is 0 Å². The first-order valence-electron chi connectivity index (χ1n) is 5.96. The van der Waals surface area contributed by atoms with Crippen molar-refractivity contribution in [3.8, 4) is 0 Å². The first-order valence-corrected chi connectivity index (χ1v) is 5.96. The maximum atomic E-state index is 11.7. The Balaban J connectivity index is 3.25. The summed E-state index contributed by atoms with van der Waals surface area (Å²) in [6.07, 6.45) is 0.237. The number of nitro groups is 1. The molecule has 0 fully saturated rings. The van der Waals surface area contributed by atoms with Crippen LogP contribution >= 0.6 is 0 Å². The Bertz CT molecular complexity index is 510. The molecule has 0 bridgehead atoms. The fourth-order valence-corrected chi connectivity index (χ4v) is 1.66. The fraction of sp³-hybridized carbons (Fsp3) is 0.385. The third-order valence-electron chi connectivity index (χ3n) is 2.58. The zero-order valence-electron chi connectivity index (χ0n) is 10.8. The molecule has 1 rings (SSSR count). The molecule has 0 saturated heterocycles. The minimum absolute atomic E-state index is 0.0555. The number of benzene rings is 1. The third-order valence-corrected chi connectivity index (χ3v) is 2.58. The SMILES string of the molecule is CCOC(=O)c1cccc(CC(=O)CC)c1[N+](=O)[O-]. The number of ketones is 1. The number of hydrogen-bond donors (Lipinski definition) is 0. The van der Waals surface area contributed by atoms with Crippen LogP contribution in [0.4, 0.5) is 5.69 Å². The number of esters is 1.